The molecule has 0 saturated heterocycles. The molecule has 0 amide bonds. The van der Waals surface area contributed by atoms with E-state index in [1.807, 2.05) is 41.8 Å². The lowest BCUT2D eigenvalue weighted by atomic mass is 10.0. The highest BCUT2D eigenvalue weighted by Gasteiger charge is 2.11. The SMILES string of the molecule is CCCOc1ccc(Oc2cc(C)c(-c3csc(N)n3)c(C)c2)cc1. The van der Waals surface area contributed by atoms with Crippen molar-refractivity contribution in [2.75, 3.05) is 12.3 Å². The molecule has 0 aliphatic heterocycles. The molecule has 5 heteroatoms. The molecule has 0 bridgehead atoms. The molecule has 1 heterocycles. The number of benzene rings is 2. The highest BCUT2D eigenvalue weighted by atomic mass is 32.1. The summed E-state index contributed by atoms with van der Waals surface area (Å²) >= 11 is 1.45. The third-order valence-corrected chi connectivity index (χ3v) is 4.49. The van der Waals surface area contributed by atoms with Crippen molar-refractivity contribution in [2.24, 2.45) is 0 Å². The minimum atomic E-state index is 0.583. The second kappa shape index (κ2) is 7.57. The first-order valence-electron chi connectivity index (χ1n) is 8.30. The summed E-state index contributed by atoms with van der Waals surface area (Å²) in [4.78, 5) is 4.39. The molecule has 0 fully saturated rings. The summed E-state index contributed by atoms with van der Waals surface area (Å²) in [5, 5.41) is 2.57. The number of aryl methyl sites for hydroxylation is 2. The lowest BCUT2D eigenvalue weighted by Gasteiger charge is -2.12. The second-order valence-electron chi connectivity index (χ2n) is 5.92. The van der Waals surface area contributed by atoms with E-state index in [0.29, 0.717) is 5.13 Å². The molecule has 0 saturated carbocycles. The van der Waals surface area contributed by atoms with Gasteiger partial charge in [0.05, 0.1) is 12.3 Å². The zero-order chi connectivity index (χ0) is 17.8. The lowest BCUT2D eigenvalue weighted by molar-refractivity contribution is 0.317. The van der Waals surface area contributed by atoms with Gasteiger partial charge in [-0.15, -0.1) is 11.3 Å². The number of aromatic nitrogens is 1. The van der Waals surface area contributed by atoms with Gasteiger partial charge < -0.3 is 15.2 Å². The molecular formula is C20H22N2O2S. The molecule has 1 aromatic heterocycles. The van der Waals surface area contributed by atoms with Gasteiger partial charge in [-0.3, -0.25) is 0 Å². The molecule has 2 N–H and O–H groups in total. The highest BCUT2D eigenvalue weighted by Crippen LogP contribution is 2.34. The molecule has 2 aromatic carbocycles. The summed E-state index contributed by atoms with van der Waals surface area (Å²) < 4.78 is 11.6. The second-order valence-corrected chi connectivity index (χ2v) is 6.81. The van der Waals surface area contributed by atoms with Crippen LogP contribution < -0.4 is 15.2 Å². The summed E-state index contributed by atoms with van der Waals surface area (Å²) in [6.45, 7) is 6.94. The number of rotatable bonds is 6. The van der Waals surface area contributed by atoms with Crippen LogP contribution in [-0.2, 0) is 0 Å². The summed E-state index contributed by atoms with van der Waals surface area (Å²) in [7, 11) is 0. The average molecular weight is 354 g/mol. The Hall–Kier alpha value is -2.53. The van der Waals surface area contributed by atoms with Gasteiger partial charge in [-0.25, -0.2) is 4.98 Å². The van der Waals surface area contributed by atoms with Gasteiger partial charge in [-0.05, 0) is 67.8 Å². The molecule has 0 aliphatic carbocycles. The molecular weight excluding hydrogens is 332 g/mol. The molecule has 0 aliphatic rings. The van der Waals surface area contributed by atoms with Crippen molar-refractivity contribution in [2.45, 2.75) is 27.2 Å². The number of anilines is 1. The Kier molecular flexibility index (Phi) is 5.24. The fraction of sp³-hybridized carbons (Fsp3) is 0.250. The third-order valence-electron chi connectivity index (χ3n) is 3.82. The standard InChI is InChI=1S/C20H22N2O2S/c1-4-9-23-15-5-7-16(8-6-15)24-17-10-13(2)19(14(3)11-17)18-12-25-20(21)22-18/h5-8,10-12H,4,9H2,1-3H3,(H2,21,22). The Morgan fingerprint density at radius 1 is 1.00 bits per heavy atom. The van der Waals surface area contributed by atoms with Crippen LogP contribution in [-0.4, -0.2) is 11.6 Å². The largest absolute Gasteiger partial charge is 0.494 e. The Balaban J connectivity index is 1.79. The summed E-state index contributed by atoms with van der Waals surface area (Å²) in [6.07, 6.45) is 0.994. The Bertz CT molecular complexity index is 833. The van der Waals surface area contributed by atoms with Gasteiger partial charge in [0.15, 0.2) is 5.13 Å². The molecule has 0 unspecified atom stereocenters. The van der Waals surface area contributed by atoms with Gasteiger partial charge in [0.2, 0.25) is 0 Å². The fourth-order valence-electron chi connectivity index (χ4n) is 2.75. The third kappa shape index (κ3) is 4.12. The number of nitrogen functional groups attached to an aromatic ring is 1. The number of nitrogens with zero attached hydrogens (tertiary/aromatic N) is 1. The Labute approximate surface area is 152 Å². The van der Waals surface area contributed by atoms with Gasteiger partial charge in [-0.2, -0.15) is 0 Å². The first kappa shape index (κ1) is 17.3. The highest BCUT2D eigenvalue weighted by molar-refractivity contribution is 7.13. The van der Waals surface area contributed by atoms with Crippen LogP contribution in [0.4, 0.5) is 5.13 Å². The maximum atomic E-state index is 6.00. The number of ether oxygens (including phenoxy) is 2. The van der Waals surface area contributed by atoms with E-state index in [-0.39, 0.29) is 0 Å². The first-order chi connectivity index (χ1) is 12.1. The first-order valence-corrected chi connectivity index (χ1v) is 9.18. The molecule has 25 heavy (non-hydrogen) atoms. The summed E-state index contributed by atoms with van der Waals surface area (Å²) in [6, 6.07) is 11.8. The quantitative estimate of drug-likeness (QED) is 0.627. The van der Waals surface area contributed by atoms with Crippen molar-refractivity contribution in [1.29, 1.82) is 0 Å². The van der Waals surface area contributed by atoms with E-state index in [1.54, 1.807) is 0 Å². The number of nitrogens with two attached hydrogens (primary N) is 1. The molecule has 0 radical (unpaired) electrons. The summed E-state index contributed by atoms with van der Waals surface area (Å²) in [5.41, 5.74) is 10.0. The maximum Gasteiger partial charge on any atom is 0.180 e. The van der Waals surface area contributed by atoms with Crippen LogP contribution in [0, 0.1) is 13.8 Å². The smallest absolute Gasteiger partial charge is 0.180 e. The molecule has 4 nitrogen and oxygen atoms in total. The van der Waals surface area contributed by atoms with Crippen LogP contribution in [0.3, 0.4) is 0 Å². The van der Waals surface area contributed by atoms with E-state index in [1.165, 1.54) is 11.3 Å². The maximum absolute atomic E-state index is 6.00. The van der Waals surface area contributed by atoms with Crippen LogP contribution in [0.25, 0.3) is 11.3 Å². The summed E-state index contributed by atoms with van der Waals surface area (Å²) in [5.74, 6) is 2.45. The minimum Gasteiger partial charge on any atom is -0.494 e. The van der Waals surface area contributed by atoms with E-state index in [4.69, 9.17) is 15.2 Å². The van der Waals surface area contributed by atoms with Crippen LogP contribution in [0.15, 0.2) is 41.8 Å². The zero-order valence-corrected chi connectivity index (χ0v) is 15.5. The molecule has 0 spiro atoms. The number of hydrogen-bond acceptors (Lipinski definition) is 5. The monoisotopic (exact) mass is 354 g/mol. The predicted octanol–water partition coefficient (Wildman–Crippen LogP) is 5.59. The minimum absolute atomic E-state index is 0.583. The van der Waals surface area contributed by atoms with Crippen molar-refractivity contribution >= 4 is 16.5 Å². The van der Waals surface area contributed by atoms with Crippen molar-refractivity contribution in [3.8, 4) is 28.5 Å². The van der Waals surface area contributed by atoms with E-state index < -0.39 is 0 Å². The van der Waals surface area contributed by atoms with Gasteiger partial charge in [0, 0.05) is 10.9 Å². The van der Waals surface area contributed by atoms with Gasteiger partial charge in [0.1, 0.15) is 17.2 Å². The van der Waals surface area contributed by atoms with Crippen LogP contribution in [0.5, 0.6) is 17.2 Å². The normalized spacial score (nSPS) is 10.7. The van der Waals surface area contributed by atoms with Gasteiger partial charge in [-0.1, -0.05) is 6.92 Å². The van der Waals surface area contributed by atoms with E-state index >= 15 is 0 Å². The topological polar surface area (TPSA) is 57.4 Å². The fourth-order valence-corrected chi connectivity index (χ4v) is 3.30. The molecule has 130 valence electrons. The lowest BCUT2D eigenvalue weighted by Crippen LogP contribution is -1.95. The van der Waals surface area contributed by atoms with Gasteiger partial charge >= 0.3 is 0 Å². The molecule has 0 atom stereocenters. The van der Waals surface area contributed by atoms with Gasteiger partial charge in [0.25, 0.3) is 0 Å². The van der Waals surface area contributed by atoms with Crippen molar-refractivity contribution < 1.29 is 9.47 Å². The Morgan fingerprint density at radius 3 is 2.20 bits per heavy atom. The average Bonchev–Trinajstić information content (AvgIpc) is 2.99. The van der Waals surface area contributed by atoms with Crippen molar-refractivity contribution in [1.82, 2.24) is 4.98 Å². The van der Waals surface area contributed by atoms with Crippen LogP contribution in [0.1, 0.15) is 24.5 Å². The predicted molar refractivity (Wildman–Crippen MR) is 104 cm³/mol. The van der Waals surface area contributed by atoms with Crippen molar-refractivity contribution in [3.05, 3.63) is 52.9 Å². The number of thiazole rings is 1. The zero-order valence-electron chi connectivity index (χ0n) is 14.7. The Morgan fingerprint density at radius 2 is 1.64 bits per heavy atom. The van der Waals surface area contributed by atoms with Crippen LogP contribution in [0.2, 0.25) is 0 Å². The molecule has 3 rings (SSSR count). The van der Waals surface area contributed by atoms with E-state index in [9.17, 15) is 0 Å². The van der Waals surface area contributed by atoms with Crippen LogP contribution >= 0.6 is 11.3 Å². The number of hydrogen-bond donors (Lipinski definition) is 1. The van der Waals surface area contributed by atoms with E-state index in [2.05, 4.69) is 25.8 Å². The van der Waals surface area contributed by atoms with Crippen molar-refractivity contribution in [3.63, 3.8) is 0 Å². The van der Waals surface area contributed by atoms with E-state index in [0.717, 1.165) is 52.7 Å². The molecule has 3 aromatic rings.